The van der Waals surface area contributed by atoms with Gasteiger partial charge in [0.15, 0.2) is 0 Å². The van der Waals surface area contributed by atoms with Crippen molar-refractivity contribution in [3.63, 3.8) is 0 Å². The normalized spacial score (nSPS) is 19.7. The number of ether oxygens (including phenoxy) is 2. The minimum absolute atomic E-state index is 0.366. The number of nitrogens with zero attached hydrogens (tertiary/aromatic N) is 1. The van der Waals surface area contributed by atoms with E-state index in [-0.39, 0.29) is 0 Å². The molecule has 0 saturated carbocycles. The van der Waals surface area contributed by atoms with Crippen molar-refractivity contribution >= 4 is 0 Å². The third-order valence-corrected chi connectivity index (χ3v) is 3.72. The Kier molecular flexibility index (Phi) is 7.15. The van der Waals surface area contributed by atoms with E-state index in [1.807, 2.05) is 0 Å². The molecule has 0 bridgehead atoms. The summed E-state index contributed by atoms with van der Waals surface area (Å²) in [6.07, 6.45) is 2.31. The quantitative estimate of drug-likeness (QED) is 0.713. The zero-order valence-electron chi connectivity index (χ0n) is 12.5. The molecule has 18 heavy (non-hydrogen) atoms. The molecule has 1 N–H and O–H groups in total. The average molecular weight is 258 g/mol. The highest BCUT2D eigenvalue weighted by Gasteiger charge is 2.33. The van der Waals surface area contributed by atoms with Crippen LogP contribution in [0.1, 0.15) is 26.7 Å². The molecule has 4 nitrogen and oxygen atoms in total. The maximum absolute atomic E-state index is 5.52. The molecule has 0 amide bonds. The highest BCUT2D eigenvalue weighted by molar-refractivity contribution is 4.87. The summed E-state index contributed by atoms with van der Waals surface area (Å²) in [6, 6.07) is 0.550. The van der Waals surface area contributed by atoms with E-state index in [0.29, 0.717) is 11.5 Å². The number of likely N-dealkylation sites (N-methyl/N-ethyl adjacent to an activating group) is 1. The van der Waals surface area contributed by atoms with Gasteiger partial charge in [0, 0.05) is 46.0 Å². The molecule has 4 heteroatoms. The number of methoxy groups -OCH3 is 1. The maximum atomic E-state index is 5.52. The lowest BCUT2D eigenvalue weighted by Crippen LogP contribution is -2.48. The van der Waals surface area contributed by atoms with Crippen molar-refractivity contribution in [3.8, 4) is 0 Å². The highest BCUT2D eigenvalue weighted by atomic mass is 16.5. The molecular weight excluding hydrogens is 228 g/mol. The van der Waals surface area contributed by atoms with E-state index < -0.39 is 0 Å². The predicted octanol–water partition coefficient (Wildman–Crippen LogP) is 1.36. The summed E-state index contributed by atoms with van der Waals surface area (Å²) in [4.78, 5) is 2.39. The first-order valence-corrected chi connectivity index (χ1v) is 7.07. The van der Waals surface area contributed by atoms with E-state index in [2.05, 4.69) is 31.1 Å². The van der Waals surface area contributed by atoms with Crippen molar-refractivity contribution in [1.29, 1.82) is 0 Å². The first-order valence-electron chi connectivity index (χ1n) is 7.07. The van der Waals surface area contributed by atoms with Crippen LogP contribution >= 0.6 is 0 Å². The van der Waals surface area contributed by atoms with E-state index in [4.69, 9.17) is 9.47 Å². The van der Waals surface area contributed by atoms with Crippen LogP contribution in [0.3, 0.4) is 0 Å². The van der Waals surface area contributed by atoms with Gasteiger partial charge in [-0.15, -0.1) is 0 Å². The first kappa shape index (κ1) is 15.9. The first-order chi connectivity index (χ1) is 8.58. The van der Waals surface area contributed by atoms with Gasteiger partial charge in [0.25, 0.3) is 0 Å². The smallest absolute Gasteiger partial charge is 0.0589 e. The van der Waals surface area contributed by atoms with Crippen molar-refractivity contribution < 1.29 is 9.47 Å². The van der Waals surface area contributed by atoms with Crippen LogP contribution < -0.4 is 5.32 Å². The number of hydrogen-bond acceptors (Lipinski definition) is 4. The van der Waals surface area contributed by atoms with E-state index in [1.165, 1.54) is 0 Å². The highest BCUT2D eigenvalue weighted by Crippen LogP contribution is 2.30. The molecule has 0 radical (unpaired) electrons. The van der Waals surface area contributed by atoms with Crippen LogP contribution in [0, 0.1) is 5.41 Å². The second-order valence-electron chi connectivity index (χ2n) is 5.88. The molecule has 0 aromatic heterocycles. The largest absolute Gasteiger partial charge is 0.383 e. The van der Waals surface area contributed by atoms with E-state index >= 15 is 0 Å². The molecule has 1 aliphatic heterocycles. The van der Waals surface area contributed by atoms with Gasteiger partial charge in [-0.05, 0) is 25.3 Å². The van der Waals surface area contributed by atoms with Crippen molar-refractivity contribution in [3.05, 3.63) is 0 Å². The molecule has 0 unspecified atom stereocenters. The summed E-state index contributed by atoms with van der Waals surface area (Å²) in [5.74, 6) is 0. The molecule has 1 fully saturated rings. The minimum atomic E-state index is 0.366. The van der Waals surface area contributed by atoms with Crippen LogP contribution in [-0.2, 0) is 9.47 Å². The fourth-order valence-corrected chi connectivity index (χ4v) is 2.51. The van der Waals surface area contributed by atoms with Crippen LogP contribution in [0.4, 0.5) is 0 Å². The molecule has 1 heterocycles. The molecule has 0 atom stereocenters. The molecule has 0 aliphatic carbocycles. The third kappa shape index (κ3) is 5.65. The van der Waals surface area contributed by atoms with Crippen LogP contribution in [0.15, 0.2) is 0 Å². The van der Waals surface area contributed by atoms with Crippen LogP contribution in [0.25, 0.3) is 0 Å². The summed E-state index contributed by atoms with van der Waals surface area (Å²) in [6.45, 7) is 10.2. The summed E-state index contributed by atoms with van der Waals surface area (Å²) in [5, 5.41) is 3.60. The van der Waals surface area contributed by atoms with Crippen molar-refractivity contribution in [2.24, 2.45) is 5.41 Å². The standard InChI is InChI=1S/C14H30N2O2/c1-13(2)15-11-14(5-8-18-9-6-14)12-16(3)7-10-17-4/h13,15H,5-12H2,1-4H3. The van der Waals surface area contributed by atoms with E-state index in [1.54, 1.807) is 7.11 Å². The van der Waals surface area contributed by atoms with Gasteiger partial charge in [-0.2, -0.15) is 0 Å². The lowest BCUT2D eigenvalue weighted by molar-refractivity contribution is -0.00403. The Morgan fingerprint density at radius 2 is 2.00 bits per heavy atom. The summed E-state index contributed by atoms with van der Waals surface area (Å²) in [7, 11) is 3.95. The van der Waals surface area contributed by atoms with Crippen LogP contribution in [-0.4, -0.2) is 64.6 Å². The summed E-state index contributed by atoms with van der Waals surface area (Å²) >= 11 is 0. The van der Waals surface area contributed by atoms with Gasteiger partial charge in [-0.3, -0.25) is 0 Å². The maximum Gasteiger partial charge on any atom is 0.0589 e. The zero-order valence-corrected chi connectivity index (χ0v) is 12.5. The molecular formula is C14H30N2O2. The van der Waals surface area contributed by atoms with Crippen molar-refractivity contribution in [2.75, 3.05) is 53.6 Å². The van der Waals surface area contributed by atoms with Gasteiger partial charge < -0.3 is 19.7 Å². The van der Waals surface area contributed by atoms with Gasteiger partial charge in [0.05, 0.1) is 6.61 Å². The molecule has 0 spiro atoms. The van der Waals surface area contributed by atoms with Crippen molar-refractivity contribution in [1.82, 2.24) is 10.2 Å². The summed E-state index contributed by atoms with van der Waals surface area (Å²) in [5.41, 5.74) is 0.366. The Morgan fingerprint density at radius 3 is 2.56 bits per heavy atom. The fourth-order valence-electron chi connectivity index (χ4n) is 2.51. The summed E-state index contributed by atoms with van der Waals surface area (Å²) < 4.78 is 10.7. The predicted molar refractivity (Wildman–Crippen MR) is 75.0 cm³/mol. The van der Waals surface area contributed by atoms with Gasteiger partial charge in [0.1, 0.15) is 0 Å². The topological polar surface area (TPSA) is 33.7 Å². The number of nitrogens with one attached hydrogen (secondary N) is 1. The lowest BCUT2D eigenvalue weighted by Gasteiger charge is -2.40. The van der Waals surface area contributed by atoms with E-state index in [9.17, 15) is 0 Å². The lowest BCUT2D eigenvalue weighted by atomic mass is 9.79. The molecule has 0 aromatic carbocycles. The molecule has 108 valence electrons. The van der Waals surface area contributed by atoms with Crippen LogP contribution in [0.2, 0.25) is 0 Å². The average Bonchev–Trinajstić information content (AvgIpc) is 2.35. The Morgan fingerprint density at radius 1 is 1.33 bits per heavy atom. The second-order valence-corrected chi connectivity index (χ2v) is 5.88. The monoisotopic (exact) mass is 258 g/mol. The molecule has 1 saturated heterocycles. The van der Waals surface area contributed by atoms with Gasteiger partial charge in [0.2, 0.25) is 0 Å². The Bertz CT molecular complexity index is 216. The fraction of sp³-hybridized carbons (Fsp3) is 1.00. The second kappa shape index (κ2) is 8.10. The number of rotatable bonds is 8. The van der Waals surface area contributed by atoms with Crippen LogP contribution in [0.5, 0.6) is 0 Å². The van der Waals surface area contributed by atoms with Gasteiger partial charge >= 0.3 is 0 Å². The van der Waals surface area contributed by atoms with Gasteiger partial charge in [-0.1, -0.05) is 13.8 Å². The van der Waals surface area contributed by atoms with Crippen molar-refractivity contribution in [2.45, 2.75) is 32.7 Å². The number of hydrogen-bond donors (Lipinski definition) is 1. The van der Waals surface area contributed by atoms with E-state index in [0.717, 1.165) is 52.3 Å². The Labute approximate surface area is 112 Å². The Hall–Kier alpha value is -0.160. The van der Waals surface area contributed by atoms with Gasteiger partial charge in [-0.25, -0.2) is 0 Å². The Balaban J connectivity index is 2.48. The third-order valence-electron chi connectivity index (χ3n) is 3.72. The SMILES string of the molecule is COCCN(C)CC1(CNC(C)C)CCOCC1. The zero-order chi connectivity index (χ0) is 13.4. The molecule has 0 aromatic rings. The minimum Gasteiger partial charge on any atom is -0.383 e. The molecule has 1 rings (SSSR count). The molecule has 1 aliphatic rings.